The van der Waals surface area contributed by atoms with Gasteiger partial charge in [0.05, 0.1) is 0 Å². The average Bonchev–Trinajstić information content (AvgIpc) is 2.03. The van der Waals surface area contributed by atoms with Crippen LogP contribution in [0.4, 0.5) is 22.0 Å². The summed E-state index contributed by atoms with van der Waals surface area (Å²) < 4.78 is 61.0. The topological polar surface area (TPSA) is 0 Å². The number of hydrogen-bond acceptors (Lipinski definition) is 0. The second-order valence-corrected chi connectivity index (χ2v) is 2.40. The summed E-state index contributed by atoms with van der Waals surface area (Å²) in [6.45, 7) is 0. The quantitative estimate of drug-likeness (QED) is 0.637. The van der Waals surface area contributed by atoms with E-state index in [0.29, 0.717) is 12.1 Å². The Morgan fingerprint density at radius 2 is 1.62 bits per heavy atom. The van der Waals surface area contributed by atoms with Crippen LogP contribution in [0.1, 0.15) is 11.7 Å². The highest BCUT2D eigenvalue weighted by atomic mass is 19.3. The molecule has 13 heavy (non-hydrogen) atoms. The summed E-state index contributed by atoms with van der Waals surface area (Å²) in [6, 6.07) is 1.76. The Balaban J connectivity index is 3.01. The standard InChI is InChI=1S/C8H5F5/c9-4-1-2-5(6(10)3-4)7(11)8(12)13/h1-3,7-8H/t7-/m0/s1. The zero-order valence-electron chi connectivity index (χ0n) is 6.28. The second-order valence-electron chi connectivity index (χ2n) is 2.40. The summed E-state index contributed by atoms with van der Waals surface area (Å²) >= 11 is 0. The number of alkyl halides is 3. The van der Waals surface area contributed by atoms with Gasteiger partial charge in [-0.1, -0.05) is 6.07 Å². The SMILES string of the molecule is Fc1ccc([C@H](F)C(F)F)c(F)c1. The maximum absolute atomic E-state index is 12.6. The Hall–Kier alpha value is -1.13. The molecule has 0 aromatic heterocycles. The lowest BCUT2D eigenvalue weighted by molar-refractivity contribution is 0.0475. The van der Waals surface area contributed by atoms with Crippen molar-refractivity contribution in [3.63, 3.8) is 0 Å². The molecule has 0 unspecified atom stereocenters. The minimum Gasteiger partial charge on any atom is -0.236 e. The third kappa shape index (κ3) is 2.17. The predicted octanol–water partition coefficient (Wildman–Crippen LogP) is 3.24. The van der Waals surface area contributed by atoms with Crippen LogP contribution in [-0.2, 0) is 0 Å². The lowest BCUT2D eigenvalue weighted by Gasteiger charge is -2.07. The molecule has 0 N–H and O–H groups in total. The van der Waals surface area contributed by atoms with E-state index in [1.165, 1.54) is 0 Å². The Bertz CT molecular complexity index is 297. The zero-order valence-corrected chi connectivity index (χ0v) is 6.28. The van der Waals surface area contributed by atoms with Crippen molar-refractivity contribution in [3.05, 3.63) is 35.4 Å². The summed E-state index contributed by atoms with van der Waals surface area (Å²) in [7, 11) is 0. The minimum absolute atomic E-state index is 0.365. The summed E-state index contributed by atoms with van der Waals surface area (Å²) in [5, 5.41) is 0. The van der Waals surface area contributed by atoms with E-state index in [-0.39, 0.29) is 0 Å². The van der Waals surface area contributed by atoms with Gasteiger partial charge in [0, 0.05) is 11.6 Å². The summed E-state index contributed by atoms with van der Waals surface area (Å²) in [5.41, 5.74) is -0.823. The van der Waals surface area contributed by atoms with E-state index in [4.69, 9.17) is 0 Å². The van der Waals surface area contributed by atoms with Gasteiger partial charge in [0.15, 0.2) is 6.17 Å². The van der Waals surface area contributed by atoms with E-state index >= 15 is 0 Å². The smallest absolute Gasteiger partial charge is 0.236 e. The van der Waals surface area contributed by atoms with Crippen LogP contribution in [0, 0.1) is 11.6 Å². The van der Waals surface area contributed by atoms with Crippen molar-refractivity contribution in [1.29, 1.82) is 0 Å². The monoisotopic (exact) mass is 196 g/mol. The molecule has 0 amide bonds. The van der Waals surface area contributed by atoms with Crippen LogP contribution in [0.15, 0.2) is 18.2 Å². The van der Waals surface area contributed by atoms with Gasteiger partial charge in [0.2, 0.25) is 0 Å². The molecule has 0 fully saturated rings. The van der Waals surface area contributed by atoms with E-state index in [0.717, 1.165) is 6.07 Å². The number of rotatable bonds is 2. The summed E-state index contributed by atoms with van der Waals surface area (Å²) in [4.78, 5) is 0. The number of halogens is 5. The first-order valence-corrected chi connectivity index (χ1v) is 3.39. The predicted molar refractivity (Wildman–Crippen MR) is 36.2 cm³/mol. The van der Waals surface area contributed by atoms with Crippen LogP contribution in [0.25, 0.3) is 0 Å². The Morgan fingerprint density at radius 1 is 1.00 bits per heavy atom. The van der Waals surface area contributed by atoms with Crippen molar-refractivity contribution in [2.24, 2.45) is 0 Å². The van der Waals surface area contributed by atoms with Crippen molar-refractivity contribution in [2.75, 3.05) is 0 Å². The van der Waals surface area contributed by atoms with E-state index in [9.17, 15) is 22.0 Å². The van der Waals surface area contributed by atoms with Crippen LogP contribution < -0.4 is 0 Å². The first-order chi connectivity index (χ1) is 6.02. The first kappa shape index (κ1) is 9.95. The molecule has 5 heteroatoms. The third-order valence-electron chi connectivity index (χ3n) is 1.48. The van der Waals surface area contributed by atoms with Crippen LogP contribution in [0.3, 0.4) is 0 Å². The van der Waals surface area contributed by atoms with Gasteiger partial charge in [-0.05, 0) is 6.07 Å². The molecule has 0 nitrogen and oxygen atoms in total. The van der Waals surface area contributed by atoms with Crippen molar-refractivity contribution in [3.8, 4) is 0 Å². The van der Waals surface area contributed by atoms with Crippen molar-refractivity contribution >= 4 is 0 Å². The van der Waals surface area contributed by atoms with Crippen LogP contribution in [-0.4, -0.2) is 6.43 Å². The zero-order chi connectivity index (χ0) is 10.0. The number of benzene rings is 1. The van der Waals surface area contributed by atoms with Gasteiger partial charge in [-0.3, -0.25) is 0 Å². The van der Waals surface area contributed by atoms with E-state index in [1.807, 2.05) is 0 Å². The fourth-order valence-corrected chi connectivity index (χ4v) is 0.861. The molecule has 0 aliphatic heterocycles. The first-order valence-electron chi connectivity index (χ1n) is 3.39. The minimum atomic E-state index is -3.31. The van der Waals surface area contributed by atoms with Gasteiger partial charge in [-0.15, -0.1) is 0 Å². The molecule has 1 aromatic carbocycles. The molecular formula is C8H5F5. The Labute approximate surface area is 71.0 Å². The maximum Gasteiger partial charge on any atom is 0.273 e. The van der Waals surface area contributed by atoms with Gasteiger partial charge < -0.3 is 0 Å². The number of hydrogen-bond donors (Lipinski definition) is 0. The molecule has 0 aliphatic rings. The third-order valence-corrected chi connectivity index (χ3v) is 1.48. The van der Waals surface area contributed by atoms with E-state index in [1.54, 1.807) is 0 Å². The van der Waals surface area contributed by atoms with Crippen molar-refractivity contribution in [2.45, 2.75) is 12.6 Å². The molecule has 0 saturated heterocycles. The van der Waals surface area contributed by atoms with Crippen LogP contribution in [0.2, 0.25) is 0 Å². The summed E-state index contributed by atoms with van der Waals surface area (Å²) in [6.07, 6.45) is -6.01. The summed E-state index contributed by atoms with van der Waals surface area (Å²) in [5.74, 6) is -2.23. The normalized spacial score (nSPS) is 13.4. The van der Waals surface area contributed by atoms with Crippen molar-refractivity contribution in [1.82, 2.24) is 0 Å². The molecule has 0 aliphatic carbocycles. The fourth-order valence-electron chi connectivity index (χ4n) is 0.861. The largest absolute Gasteiger partial charge is 0.273 e. The molecule has 0 radical (unpaired) electrons. The fraction of sp³-hybridized carbons (Fsp3) is 0.250. The van der Waals surface area contributed by atoms with Gasteiger partial charge in [-0.25, -0.2) is 22.0 Å². The van der Waals surface area contributed by atoms with Gasteiger partial charge in [0.25, 0.3) is 6.43 Å². The van der Waals surface area contributed by atoms with Crippen LogP contribution in [0.5, 0.6) is 0 Å². The molecule has 0 spiro atoms. The molecule has 0 heterocycles. The van der Waals surface area contributed by atoms with Gasteiger partial charge >= 0.3 is 0 Å². The maximum atomic E-state index is 12.6. The van der Waals surface area contributed by atoms with E-state index in [2.05, 4.69) is 0 Å². The molecule has 0 saturated carbocycles. The van der Waals surface area contributed by atoms with Gasteiger partial charge in [0.1, 0.15) is 11.6 Å². The molecular weight excluding hydrogens is 191 g/mol. The molecule has 1 atom stereocenters. The van der Waals surface area contributed by atoms with Crippen LogP contribution >= 0.6 is 0 Å². The molecule has 0 bridgehead atoms. The highest BCUT2D eigenvalue weighted by molar-refractivity contribution is 5.21. The van der Waals surface area contributed by atoms with E-state index < -0.39 is 29.8 Å². The lowest BCUT2D eigenvalue weighted by atomic mass is 10.1. The van der Waals surface area contributed by atoms with Gasteiger partial charge in [-0.2, -0.15) is 0 Å². The second kappa shape index (κ2) is 3.72. The lowest BCUT2D eigenvalue weighted by Crippen LogP contribution is -2.05. The molecule has 1 rings (SSSR count). The average molecular weight is 196 g/mol. The Morgan fingerprint density at radius 3 is 2.08 bits per heavy atom. The van der Waals surface area contributed by atoms with Crippen molar-refractivity contribution < 1.29 is 22.0 Å². The highest BCUT2D eigenvalue weighted by Crippen LogP contribution is 2.26. The molecule has 1 aromatic rings. The Kier molecular flexibility index (Phi) is 2.85. The highest BCUT2D eigenvalue weighted by Gasteiger charge is 2.24. The molecule has 72 valence electrons.